The summed E-state index contributed by atoms with van der Waals surface area (Å²) in [6, 6.07) is 8.23. The molecule has 0 saturated carbocycles. The quantitative estimate of drug-likeness (QED) is 0.764. The van der Waals surface area contributed by atoms with Gasteiger partial charge >= 0.3 is 5.97 Å². The molecule has 0 aliphatic heterocycles. The number of aromatic nitrogens is 3. The molecule has 0 amide bonds. The molecule has 5 nitrogen and oxygen atoms in total. The Morgan fingerprint density at radius 3 is 2.84 bits per heavy atom. The first-order valence-corrected chi connectivity index (χ1v) is 5.49. The Morgan fingerprint density at radius 1 is 1.26 bits per heavy atom. The first kappa shape index (κ1) is 11.3. The van der Waals surface area contributed by atoms with Crippen molar-refractivity contribution in [3.8, 4) is 5.82 Å². The minimum Gasteiger partial charge on any atom is -0.478 e. The highest BCUT2D eigenvalue weighted by atomic mass is 19.1. The second-order valence-electron chi connectivity index (χ2n) is 3.95. The van der Waals surface area contributed by atoms with Crippen LogP contribution < -0.4 is 0 Å². The number of carboxylic acid groups (broad SMARTS) is 1. The third-order valence-corrected chi connectivity index (χ3v) is 2.74. The smallest absolute Gasteiger partial charge is 0.339 e. The van der Waals surface area contributed by atoms with Gasteiger partial charge in [0.2, 0.25) is 0 Å². The van der Waals surface area contributed by atoms with E-state index in [4.69, 9.17) is 5.11 Å². The molecule has 3 aromatic rings. The molecule has 2 heterocycles. The summed E-state index contributed by atoms with van der Waals surface area (Å²) >= 11 is 0. The van der Waals surface area contributed by atoms with Crippen LogP contribution in [0.3, 0.4) is 0 Å². The van der Waals surface area contributed by atoms with E-state index in [2.05, 4.69) is 10.1 Å². The largest absolute Gasteiger partial charge is 0.478 e. The normalized spacial score (nSPS) is 10.8. The zero-order valence-corrected chi connectivity index (χ0v) is 9.62. The number of pyridine rings is 1. The lowest BCUT2D eigenvalue weighted by molar-refractivity contribution is 0.0695. The summed E-state index contributed by atoms with van der Waals surface area (Å²) in [5.74, 6) is -1.85. The zero-order chi connectivity index (χ0) is 13.4. The fraction of sp³-hybridized carbons (Fsp3) is 0. The van der Waals surface area contributed by atoms with Gasteiger partial charge in [0.1, 0.15) is 11.4 Å². The molecule has 0 aliphatic carbocycles. The predicted octanol–water partition coefficient (Wildman–Crippen LogP) is 2.26. The van der Waals surface area contributed by atoms with Gasteiger partial charge in [-0.05, 0) is 12.1 Å². The minimum atomic E-state index is -1.25. The van der Waals surface area contributed by atoms with E-state index in [1.807, 2.05) is 18.2 Å². The summed E-state index contributed by atoms with van der Waals surface area (Å²) in [6.45, 7) is 0. The molecular formula is C13H8FN3O2. The van der Waals surface area contributed by atoms with Crippen molar-refractivity contribution in [1.82, 2.24) is 14.8 Å². The number of aromatic carboxylic acids is 1. The molecule has 6 heteroatoms. The second-order valence-corrected chi connectivity index (χ2v) is 3.95. The molecule has 0 spiro atoms. The van der Waals surface area contributed by atoms with E-state index in [1.54, 1.807) is 12.3 Å². The summed E-state index contributed by atoms with van der Waals surface area (Å²) in [6.07, 6.45) is 2.57. The molecule has 2 aromatic heterocycles. The molecular weight excluding hydrogens is 249 g/mol. The van der Waals surface area contributed by atoms with Crippen molar-refractivity contribution in [2.24, 2.45) is 0 Å². The first-order valence-electron chi connectivity index (χ1n) is 5.49. The van der Waals surface area contributed by atoms with Gasteiger partial charge in [0.25, 0.3) is 0 Å². The Kier molecular flexibility index (Phi) is 2.49. The van der Waals surface area contributed by atoms with Crippen LogP contribution in [0.2, 0.25) is 0 Å². The van der Waals surface area contributed by atoms with Crippen molar-refractivity contribution >= 4 is 16.9 Å². The fourth-order valence-electron chi connectivity index (χ4n) is 1.90. The number of rotatable bonds is 2. The summed E-state index contributed by atoms with van der Waals surface area (Å²) in [7, 11) is 0. The number of benzene rings is 1. The number of hydrogen-bond donors (Lipinski definition) is 1. The fourth-order valence-corrected chi connectivity index (χ4v) is 1.90. The lowest BCUT2D eigenvalue weighted by Gasteiger charge is -2.06. The van der Waals surface area contributed by atoms with Crippen LogP contribution >= 0.6 is 0 Å². The average molecular weight is 257 g/mol. The van der Waals surface area contributed by atoms with Gasteiger partial charge in [0.05, 0.1) is 17.9 Å². The van der Waals surface area contributed by atoms with Crippen LogP contribution in [0, 0.1) is 5.82 Å². The highest BCUT2D eigenvalue weighted by molar-refractivity contribution is 5.92. The van der Waals surface area contributed by atoms with Crippen molar-refractivity contribution < 1.29 is 14.3 Å². The molecule has 19 heavy (non-hydrogen) atoms. The Morgan fingerprint density at radius 2 is 2.05 bits per heavy atom. The van der Waals surface area contributed by atoms with Gasteiger partial charge in [0.15, 0.2) is 5.82 Å². The highest BCUT2D eigenvalue weighted by Gasteiger charge is 2.16. The van der Waals surface area contributed by atoms with E-state index >= 15 is 0 Å². The standard InChI is InChI=1S/C13H8FN3O2/c14-9-5-10(13(18)19)12(15-7-9)17-11-4-2-1-3-8(11)6-16-17/h1-7H,(H,18,19). The molecule has 0 fully saturated rings. The van der Waals surface area contributed by atoms with Gasteiger partial charge in [-0.25, -0.2) is 18.9 Å². The van der Waals surface area contributed by atoms with Crippen LogP contribution in [-0.4, -0.2) is 25.8 Å². The minimum absolute atomic E-state index is 0.0927. The molecule has 0 saturated heterocycles. The van der Waals surface area contributed by atoms with E-state index in [-0.39, 0.29) is 11.4 Å². The summed E-state index contributed by atoms with van der Waals surface area (Å²) in [5, 5.41) is 14.1. The van der Waals surface area contributed by atoms with Crippen molar-refractivity contribution in [1.29, 1.82) is 0 Å². The molecule has 1 N–H and O–H groups in total. The number of carbonyl (C=O) groups is 1. The third-order valence-electron chi connectivity index (χ3n) is 2.74. The maximum absolute atomic E-state index is 13.1. The Labute approximate surface area is 106 Å². The van der Waals surface area contributed by atoms with Gasteiger partial charge < -0.3 is 5.11 Å². The highest BCUT2D eigenvalue weighted by Crippen LogP contribution is 2.19. The summed E-state index contributed by atoms with van der Waals surface area (Å²) in [5.41, 5.74) is 0.484. The summed E-state index contributed by atoms with van der Waals surface area (Å²) in [4.78, 5) is 15.0. The average Bonchev–Trinajstić information content (AvgIpc) is 2.82. The lowest BCUT2D eigenvalue weighted by Crippen LogP contribution is -2.09. The number of nitrogens with zero attached hydrogens (tertiary/aromatic N) is 3. The molecule has 0 bridgehead atoms. The number of hydrogen-bond acceptors (Lipinski definition) is 3. The van der Waals surface area contributed by atoms with E-state index in [0.717, 1.165) is 17.6 Å². The van der Waals surface area contributed by atoms with Crippen LogP contribution in [0.5, 0.6) is 0 Å². The Hall–Kier alpha value is -2.76. The van der Waals surface area contributed by atoms with Crippen molar-refractivity contribution in [2.75, 3.05) is 0 Å². The SMILES string of the molecule is O=C(O)c1cc(F)cnc1-n1ncc2ccccc21. The van der Waals surface area contributed by atoms with Gasteiger partial charge in [-0.15, -0.1) is 0 Å². The van der Waals surface area contributed by atoms with Gasteiger partial charge in [-0.2, -0.15) is 5.10 Å². The first-order chi connectivity index (χ1) is 9.16. The Balaban J connectivity index is 2.30. The topological polar surface area (TPSA) is 68.0 Å². The lowest BCUT2D eigenvalue weighted by atomic mass is 10.2. The summed E-state index contributed by atoms with van der Waals surface area (Å²) < 4.78 is 14.5. The molecule has 94 valence electrons. The number of halogens is 1. The molecule has 0 atom stereocenters. The van der Waals surface area contributed by atoms with E-state index in [0.29, 0.717) is 5.52 Å². The van der Waals surface area contributed by atoms with Crippen LogP contribution in [0.4, 0.5) is 4.39 Å². The Bertz CT molecular complexity index is 782. The van der Waals surface area contributed by atoms with Gasteiger partial charge in [-0.1, -0.05) is 18.2 Å². The monoisotopic (exact) mass is 257 g/mol. The number of carboxylic acids is 1. The molecule has 1 aromatic carbocycles. The second kappa shape index (κ2) is 4.16. The van der Waals surface area contributed by atoms with Crippen molar-refractivity contribution in [2.45, 2.75) is 0 Å². The molecule has 0 aliphatic rings. The van der Waals surface area contributed by atoms with E-state index < -0.39 is 11.8 Å². The maximum Gasteiger partial charge on any atom is 0.339 e. The molecule has 0 unspecified atom stereocenters. The van der Waals surface area contributed by atoms with Crippen LogP contribution in [0.25, 0.3) is 16.7 Å². The molecule has 3 rings (SSSR count). The zero-order valence-electron chi connectivity index (χ0n) is 9.62. The van der Waals surface area contributed by atoms with E-state index in [9.17, 15) is 9.18 Å². The third kappa shape index (κ3) is 1.83. The van der Waals surface area contributed by atoms with E-state index in [1.165, 1.54) is 4.68 Å². The van der Waals surface area contributed by atoms with Crippen LogP contribution in [0.1, 0.15) is 10.4 Å². The van der Waals surface area contributed by atoms with Crippen molar-refractivity contribution in [3.05, 3.63) is 54.1 Å². The molecule has 0 radical (unpaired) electrons. The number of para-hydroxylation sites is 1. The van der Waals surface area contributed by atoms with Gasteiger partial charge in [0, 0.05) is 5.39 Å². The van der Waals surface area contributed by atoms with Crippen LogP contribution in [0.15, 0.2) is 42.7 Å². The maximum atomic E-state index is 13.1. The van der Waals surface area contributed by atoms with Crippen molar-refractivity contribution in [3.63, 3.8) is 0 Å². The predicted molar refractivity (Wildman–Crippen MR) is 65.8 cm³/mol. The van der Waals surface area contributed by atoms with Crippen LogP contribution in [-0.2, 0) is 0 Å². The number of fused-ring (bicyclic) bond motifs is 1. The van der Waals surface area contributed by atoms with Gasteiger partial charge in [-0.3, -0.25) is 0 Å².